The Bertz CT molecular complexity index is 1140. The van der Waals surface area contributed by atoms with Gasteiger partial charge >= 0.3 is 0 Å². The lowest BCUT2D eigenvalue weighted by atomic mass is 9.97. The number of nitrogens with one attached hydrogen (secondary N) is 1. The first-order chi connectivity index (χ1) is 13.6. The van der Waals surface area contributed by atoms with Crippen LogP contribution < -0.4 is 10.5 Å². The van der Waals surface area contributed by atoms with Gasteiger partial charge in [0.1, 0.15) is 11.3 Å². The van der Waals surface area contributed by atoms with Gasteiger partial charge in [-0.25, -0.2) is 4.98 Å². The van der Waals surface area contributed by atoms with Crippen LogP contribution in [0, 0.1) is 13.8 Å². The lowest BCUT2D eigenvalue weighted by molar-refractivity contribution is 0.419. The van der Waals surface area contributed by atoms with Crippen molar-refractivity contribution in [1.29, 1.82) is 0 Å². The molecule has 3 N–H and O–H groups in total. The van der Waals surface area contributed by atoms with E-state index in [4.69, 9.17) is 15.5 Å². The van der Waals surface area contributed by atoms with Crippen molar-refractivity contribution < 1.29 is 4.74 Å². The third kappa shape index (κ3) is 3.14. The van der Waals surface area contributed by atoms with E-state index in [0.717, 1.165) is 48.2 Å². The molecular weight excluding hydrogens is 346 g/mol. The van der Waals surface area contributed by atoms with E-state index < -0.39 is 0 Å². The van der Waals surface area contributed by atoms with Crippen LogP contribution in [0.15, 0.2) is 42.5 Å². The van der Waals surface area contributed by atoms with E-state index in [0.29, 0.717) is 0 Å². The van der Waals surface area contributed by atoms with Gasteiger partial charge in [0.15, 0.2) is 0 Å². The second kappa shape index (κ2) is 7.64. The number of rotatable bonds is 6. The molecule has 4 nitrogen and oxygen atoms in total. The fraction of sp³-hybridized carbons (Fsp3) is 0.292. The van der Waals surface area contributed by atoms with Crippen LogP contribution in [0.2, 0.25) is 0 Å². The summed E-state index contributed by atoms with van der Waals surface area (Å²) in [5.74, 6) is 0.805. The van der Waals surface area contributed by atoms with Gasteiger partial charge in [0.05, 0.1) is 12.8 Å². The number of unbranched alkanes of at least 4 members (excludes halogenated alkanes) is 1. The molecule has 2 aromatic carbocycles. The Morgan fingerprint density at radius 1 is 1.00 bits per heavy atom. The summed E-state index contributed by atoms with van der Waals surface area (Å²) in [5, 5.41) is 2.41. The molecule has 0 saturated heterocycles. The minimum absolute atomic E-state index is 0.728. The number of benzene rings is 2. The average molecular weight is 374 g/mol. The van der Waals surface area contributed by atoms with E-state index in [9.17, 15) is 0 Å². The first kappa shape index (κ1) is 18.5. The van der Waals surface area contributed by atoms with Crippen molar-refractivity contribution in [2.75, 3.05) is 13.7 Å². The number of aromatic amines is 1. The first-order valence-electron chi connectivity index (χ1n) is 9.89. The smallest absolute Gasteiger partial charge is 0.145 e. The number of aromatic nitrogens is 2. The highest BCUT2D eigenvalue weighted by atomic mass is 16.5. The van der Waals surface area contributed by atoms with Crippen molar-refractivity contribution >= 4 is 21.8 Å². The summed E-state index contributed by atoms with van der Waals surface area (Å²) >= 11 is 0. The maximum absolute atomic E-state index is 5.74. The highest BCUT2D eigenvalue weighted by molar-refractivity contribution is 6.02. The quantitative estimate of drug-likeness (QED) is 0.451. The molecule has 0 saturated carbocycles. The van der Waals surface area contributed by atoms with Crippen molar-refractivity contribution in [3.8, 4) is 17.0 Å². The van der Waals surface area contributed by atoms with E-state index in [1.807, 2.05) is 13.0 Å². The van der Waals surface area contributed by atoms with E-state index >= 15 is 0 Å². The summed E-state index contributed by atoms with van der Waals surface area (Å²) in [6.45, 7) is 4.89. The van der Waals surface area contributed by atoms with Crippen molar-refractivity contribution in [3.05, 3.63) is 59.3 Å². The number of H-pyrrole nitrogens is 1. The molecule has 4 heteroatoms. The first-order valence-corrected chi connectivity index (χ1v) is 9.89. The SMILES string of the molecule is COc1ccc(-c2[nH]c3c(C)cccc3c2CCCCN)c2ccc(C)nc12. The predicted octanol–water partition coefficient (Wildman–Crippen LogP) is 5.29. The third-order valence-electron chi connectivity index (χ3n) is 5.48. The van der Waals surface area contributed by atoms with Crippen LogP contribution in [0.25, 0.3) is 33.1 Å². The average Bonchev–Trinajstić information content (AvgIpc) is 3.07. The summed E-state index contributed by atoms with van der Waals surface area (Å²) in [6, 6.07) is 14.9. The minimum Gasteiger partial charge on any atom is -0.494 e. The maximum Gasteiger partial charge on any atom is 0.145 e. The van der Waals surface area contributed by atoms with Crippen molar-refractivity contribution in [2.45, 2.75) is 33.1 Å². The zero-order valence-electron chi connectivity index (χ0n) is 16.8. The fourth-order valence-corrected chi connectivity index (χ4v) is 4.03. The van der Waals surface area contributed by atoms with Crippen LogP contribution in [0.1, 0.15) is 29.7 Å². The molecule has 28 heavy (non-hydrogen) atoms. The Labute approximate surface area is 165 Å². The third-order valence-corrected chi connectivity index (χ3v) is 5.48. The lowest BCUT2D eigenvalue weighted by Crippen LogP contribution is -1.99. The molecule has 0 spiro atoms. The molecule has 2 heterocycles. The Kier molecular flexibility index (Phi) is 5.05. The van der Waals surface area contributed by atoms with E-state index in [1.54, 1.807) is 7.11 Å². The zero-order chi connectivity index (χ0) is 19.7. The highest BCUT2D eigenvalue weighted by Crippen LogP contribution is 2.38. The fourth-order valence-electron chi connectivity index (χ4n) is 4.03. The van der Waals surface area contributed by atoms with Crippen LogP contribution in [0.4, 0.5) is 0 Å². The van der Waals surface area contributed by atoms with E-state index in [-0.39, 0.29) is 0 Å². The lowest BCUT2D eigenvalue weighted by Gasteiger charge is -2.12. The van der Waals surface area contributed by atoms with Crippen LogP contribution in [-0.2, 0) is 6.42 Å². The maximum atomic E-state index is 5.74. The van der Waals surface area contributed by atoms with Gasteiger partial charge in [-0.1, -0.05) is 24.3 Å². The second-order valence-corrected chi connectivity index (χ2v) is 7.39. The van der Waals surface area contributed by atoms with Crippen molar-refractivity contribution in [2.24, 2.45) is 5.73 Å². The molecule has 0 amide bonds. The second-order valence-electron chi connectivity index (χ2n) is 7.39. The van der Waals surface area contributed by atoms with Gasteiger partial charge in [0.2, 0.25) is 0 Å². The molecule has 0 fully saturated rings. The van der Waals surface area contributed by atoms with Crippen molar-refractivity contribution in [3.63, 3.8) is 0 Å². The number of para-hydroxylation sites is 1. The monoisotopic (exact) mass is 373 g/mol. The van der Waals surface area contributed by atoms with Gasteiger partial charge in [-0.2, -0.15) is 0 Å². The largest absolute Gasteiger partial charge is 0.494 e. The molecule has 0 aliphatic rings. The summed E-state index contributed by atoms with van der Waals surface area (Å²) in [7, 11) is 1.70. The summed E-state index contributed by atoms with van der Waals surface area (Å²) in [6.07, 6.45) is 3.11. The molecule has 4 aromatic rings. The van der Waals surface area contributed by atoms with Crippen LogP contribution >= 0.6 is 0 Å². The number of hydrogen-bond acceptors (Lipinski definition) is 3. The molecule has 0 aliphatic carbocycles. The molecule has 0 bridgehead atoms. The molecule has 0 unspecified atom stereocenters. The Hall–Kier alpha value is -2.85. The number of aryl methyl sites for hydroxylation is 3. The molecule has 144 valence electrons. The Morgan fingerprint density at radius 2 is 1.86 bits per heavy atom. The van der Waals surface area contributed by atoms with Gasteiger partial charge in [0, 0.05) is 27.5 Å². The number of hydrogen-bond donors (Lipinski definition) is 2. The number of nitrogens with zero attached hydrogens (tertiary/aromatic N) is 1. The minimum atomic E-state index is 0.728. The van der Waals surface area contributed by atoms with Crippen LogP contribution in [0.5, 0.6) is 5.75 Å². The van der Waals surface area contributed by atoms with E-state index in [2.05, 4.69) is 48.3 Å². The van der Waals surface area contributed by atoms with Gasteiger partial charge in [0.25, 0.3) is 0 Å². The topological polar surface area (TPSA) is 63.9 Å². The van der Waals surface area contributed by atoms with Crippen molar-refractivity contribution in [1.82, 2.24) is 9.97 Å². The molecule has 4 rings (SSSR count). The summed E-state index contributed by atoms with van der Waals surface area (Å²) in [5.41, 5.74) is 13.8. The van der Waals surface area contributed by atoms with Gasteiger partial charge < -0.3 is 15.5 Å². The Balaban J connectivity index is 1.98. The van der Waals surface area contributed by atoms with E-state index in [1.165, 1.54) is 33.3 Å². The normalized spacial score (nSPS) is 11.4. The highest BCUT2D eigenvalue weighted by Gasteiger charge is 2.17. The van der Waals surface area contributed by atoms with Gasteiger partial charge in [-0.05, 0) is 69.0 Å². The molecule has 0 atom stereocenters. The number of methoxy groups -OCH3 is 1. The van der Waals surface area contributed by atoms with Crippen LogP contribution in [-0.4, -0.2) is 23.6 Å². The molecular formula is C24H27N3O. The van der Waals surface area contributed by atoms with Gasteiger partial charge in [-0.15, -0.1) is 0 Å². The number of nitrogens with two attached hydrogens (primary N) is 1. The number of pyridine rings is 1. The molecule has 2 aromatic heterocycles. The Morgan fingerprint density at radius 3 is 2.64 bits per heavy atom. The standard InChI is InChI=1S/C24H27N3O/c1-15-7-6-9-17-18(8-4-5-14-25)23(27-22(15)17)19-12-13-21(28-3)24-20(19)11-10-16(2)26-24/h6-7,9-13,27H,4-5,8,14,25H2,1-3H3. The van der Waals surface area contributed by atoms with Crippen LogP contribution in [0.3, 0.4) is 0 Å². The van der Waals surface area contributed by atoms with Gasteiger partial charge in [-0.3, -0.25) is 0 Å². The summed E-state index contributed by atoms with van der Waals surface area (Å²) in [4.78, 5) is 8.47. The predicted molar refractivity (Wildman–Crippen MR) is 117 cm³/mol. The number of ether oxygens (including phenoxy) is 1. The molecule has 0 aliphatic heterocycles. The number of fused-ring (bicyclic) bond motifs is 2. The molecule has 0 radical (unpaired) electrons. The zero-order valence-corrected chi connectivity index (χ0v) is 16.8. The summed E-state index contributed by atoms with van der Waals surface area (Å²) < 4.78 is 5.57.